The maximum Gasteiger partial charge on any atom is 0.339 e. The molecule has 0 fully saturated rings. The second-order valence-corrected chi connectivity index (χ2v) is 7.10. The molecule has 1 heterocycles. The molecule has 1 aromatic heterocycles. The minimum atomic E-state index is -1.24. The third-order valence-electron chi connectivity index (χ3n) is 2.80. The van der Waals surface area contributed by atoms with Crippen LogP contribution in [0.3, 0.4) is 0 Å². The second kappa shape index (κ2) is 7.98. The number of amides is 1. The number of benzene rings is 1. The van der Waals surface area contributed by atoms with Crippen molar-refractivity contribution in [3.05, 3.63) is 40.9 Å². The van der Waals surface area contributed by atoms with Gasteiger partial charge in [0.2, 0.25) is 5.91 Å². The first-order valence-corrected chi connectivity index (χ1v) is 9.07. The summed E-state index contributed by atoms with van der Waals surface area (Å²) in [5.41, 5.74) is 0.839. The fourth-order valence-electron chi connectivity index (χ4n) is 1.79. The van der Waals surface area contributed by atoms with Gasteiger partial charge in [-0.3, -0.25) is 9.00 Å². The van der Waals surface area contributed by atoms with E-state index in [9.17, 15) is 13.8 Å². The number of carbonyl (C=O) groups is 2. The van der Waals surface area contributed by atoms with Gasteiger partial charge in [0, 0.05) is 18.1 Å². The summed E-state index contributed by atoms with van der Waals surface area (Å²) in [5.74, 6) is -0.327. The smallest absolute Gasteiger partial charge is 0.339 e. The summed E-state index contributed by atoms with van der Waals surface area (Å²) in [5, 5.41) is 4.72. The zero-order valence-corrected chi connectivity index (χ0v) is 14.3. The molecule has 2 rings (SSSR count). The van der Waals surface area contributed by atoms with Crippen molar-refractivity contribution < 1.29 is 18.5 Å². The number of hydrogen-bond acceptors (Lipinski definition) is 6. The van der Waals surface area contributed by atoms with Gasteiger partial charge >= 0.3 is 5.97 Å². The third-order valence-corrected chi connectivity index (χ3v) is 4.98. The number of thiazole rings is 1. The molecular weight excluding hydrogens is 336 g/mol. The van der Waals surface area contributed by atoms with Crippen molar-refractivity contribution in [3.63, 3.8) is 0 Å². The molecule has 0 saturated heterocycles. The van der Waals surface area contributed by atoms with Gasteiger partial charge in [-0.2, -0.15) is 0 Å². The van der Waals surface area contributed by atoms with E-state index in [1.807, 2.05) is 0 Å². The number of nitrogens with one attached hydrogen (secondary N) is 1. The Morgan fingerprint density at radius 3 is 2.78 bits per heavy atom. The lowest BCUT2D eigenvalue weighted by Crippen LogP contribution is -2.10. The Kier molecular flexibility index (Phi) is 6.00. The third kappa shape index (κ3) is 4.70. The molecule has 0 saturated carbocycles. The summed E-state index contributed by atoms with van der Waals surface area (Å²) in [4.78, 5) is 27.7. The Balaban J connectivity index is 2.04. The van der Waals surface area contributed by atoms with Gasteiger partial charge in [0.15, 0.2) is 5.13 Å². The average Bonchev–Trinajstić information content (AvgIpc) is 2.98. The van der Waals surface area contributed by atoms with E-state index >= 15 is 0 Å². The number of esters is 1. The van der Waals surface area contributed by atoms with E-state index in [4.69, 9.17) is 4.74 Å². The first-order valence-electron chi connectivity index (χ1n) is 6.87. The number of nitrogens with zero attached hydrogens (tertiary/aromatic N) is 1. The lowest BCUT2D eigenvalue weighted by Gasteiger charge is -2.07. The number of hydrogen-bond donors (Lipinski definition) is 1. The largest absolute Gasteiger partial charge is 0.456 e. The quantitative estimate of drug-likeness (QED) is 0.808. The predicted molar refractivity (Wildman–Crippen MR) is 88.9 cm³/mol. The van der Waals surface area contributed by atoms with Crippen LogP contribution in [0.2, 0.25) is 0 Å². The van der Waals surface area contributed by atoms with Crippen LogP contribution in [0.15, 0.2) is 34.5 Å². The molecule has 1 amide bonds. The Morgan fingerprint density at radius 1 is 1.35 bits per heavy atom. The number of carbonyl (C=O) groups excluding carboxylic acids is 2. The second-order valence-electron chi connectivity index (χ2n) is 4.53. The normalized spacial score (nSPS) is 11.7. The number of aromatic nitrogens is 1. The summed E-state index contributed by atoms with van der Waals surface area (Å²) in [7, 11) is -1.24. The summed E-state index contributed by atoms with van der Waals surface area (Å²) >= 11 is 1.25. The molecule has 0 aliphatic rings. The van der Waals surface area contributed by atoms with Crippen molar-refractivity contribution in [3.8, 4) is 0 Å². The lowest BCUT2D eigenvalue weighted by molar-refractivity contribution is -0.114. The van der Waals surface area contributed by atoms with E-state index in [1.54, 1.807) is 36.6 Å². The van der Waals surface area contributed by atoms with Gasteiger partial charge in [0.1, 0.15) is 6.61 Å². The Hall–Kier alpha value is -2.06. The number of anilines is 1. The lowest BCUT2D eigenvalue weighted by atomic mass is 10.2. The van der Waals surface area contributed by atoms with Crippen LogP contribution in [0.1, 0.15) is 29.9 Å². The predicted octanol–water partition coefficient (Wildman–Crippen LogP) is 2.59. The molecule has 8 heteroatoms. The van der Waals surface area contributed by atoms with Crippen LogP contribution >= 0.6 is 11.3 Å². The van der Waals surface area contributed by atoms with E-state index < -0.39 is 16.8 Å². The van der Waals surface area contributed by atoms with E-state index in [0.29, 0.717) is 27.0 Å². The highest BCUT2D eigenvalue weighted by molar-refractivity contribution is 7.85. The molecule has 2 aromatic rings. The molecule has 0 aliphatic carbocycles. The number of ether oxygens (including phenoxy) is 1. The Morgan fingerprint density at radius 2 is 2.09 bits per heavy atom. The zero-order chi connectivity index (χ0) is 16.8. The van der Waals surface area contributed by atoms with Crippen LogP contribution in [-0.4, -0.2) is 26.8 Å². The van der Waals surface area contributed by atoms with Gasteiger partial charge in [-0.05, 0) is 12.1 Å². The molecule has 1 unspecified atom stereocenters. The van der Waals surface area contributed by atoms with Crippen LogP contribution in [0.5, 0.6) is 0 Å². The Bertz CT molecular complexity index is 743. The highest BCUT2D eigenvalue weighted by Gasteiger charge is 2.16. The zero-order valence-electron chi connectivity index (χ0n) is 12.7. The highest BCUT2D eigenvalue weighted by atomic mass is 32.2. The first-order chi connectivity index (χ1) is 11.0. The van der Waals surface area contributed by atoms with Gasteiger partial charge < -0.3 is 10.1 Å². The molecule has 0 radical (unpaired) electrons. The minimum absolute atomic E-state index is 0.0119. The summed E-state index contributed by atoms with van der Waals surface area (Å²) in [6, 6.07) is 6.69. The molecule has 23 heavy (non-hydrogen) atoms. The van der Waals surface area contributed by atoms with E-state index in [0.717, 1.165) is 0 Å². The average molecular weight is 352 g/mol. The number of rotatable bonds is 6. The monoisotopic (exact) mass is 352 g/mol. The topological polar surface area (TPSA) is 85.4 Å². The highest BCUT2D eigenvalue weighted by Crippen LogP contribution is 2.18. The van der Waals surface area contributed by atoms with Crippen LogP contribution in [-0.2, 0) is 26.9 Å². The molecule has 0 aliphatic heterocycles. The molecule has 0 bridgehead atoms. The molecule has 1 atom stereocenters. The summed E-state index contributed by atoms with van der Waals surface area (Å²) < 4.78 is 17.2. The van der Waals surface area contributed by atoms with Crippen LogP contribution < -0.4 is 5.32 Å². The SMILES string of the molecule is CCS(=O)c1ccccc1C(=O)OCc1csc(NC(C)=O)n1. The van der Waals surface area contributed by atoms with Gasteiger partial charge in [0.25, 0.3) is 0 Å². The summed E-state index contributed by atoms with van der Waals surface area (Å²) in [6.07, 6.45) is 0. The molecule has 6 nitrogen and oxygen atoms in total. The van der Waals surface area contributed by atoms with Crippen molar-refractivity contribution in [2.24, 2.45) is 0 Å². The maximum absolute atomic E-state index is 12.2. The van der Waals surface area contributed by atoms with Crippen molar-refractivity contribution in [2.75, 3.05) is 11.1 Å². The van der Waals surface area contributed by atoms with Crippen molar-refractivity contribution in [2.45, 2.75) is 25.3 Å². The van der Waals surface area contributed by atoms with E-state index in [2.05, 4.69) is 10.3 Å². The van der Waals surface area contributed by atoms with E-state index in [-0.39, 0.29) is 12.5 Å². The van der Waals surface area contributed by atoms with E-state index in [1.165, 1.54) is 18.3 Å². The maximum atomic E-state index is 12.2. The summed E-state index contributed by atoms with van der Waals surface area (Å²) in [6.45, 7) is 3.17. The minimum Gasteiger partial charge on any atom is -0.456 e. The Labute approximate surface area is 140 Å². The fraction of sp³-hybridized carbons (Fsp3) is 0.267. The van der Waals surface area contributed by atoms with Gasteiger partial charge in [0.05, 0.1) is 27.0 Å². The van der Waals surface area contributed by atoms with Crippen molar-refractivity contribution in [1.82, 2.24) is 4.98 Å². The van der Waals surface area contributed by atoms with Crippen LogP contribution in [0, 0.1) is 0 Å². The first kappa shape index (κ1) is 17.3. The molecule has 1 N–H and O–H groups in total. The molecule has 0 spiro atoms. The van der Waals surface area contributed by atoms with Crippen molar-refractivity contribution >= 4 is 39.1 Å². The van der Waals surface area contributed by atoms with Gasteiger partial charge in [-0.1, -0.05) is 19.1 Å². The van der Waals surface area contributed by atoms with Gasteiger partial charge in [-0.15, -0.1) is 11.3 Å². The van der Waals surface area contributed by atoms with Gasteiger partial charge in [-0.25, -0.2) is 9.78 Å². The standard InChI is InChI=1S/C15H16N2O4S2/c1-3-23(20)13-7-5-4-6-12(13)14(19)21-8-11-9-22-15(17-11)16-10(2)18/h4-7,9H,3,8H2,1-2H3,(H,16,17,18). The van der Waals surface area contributed by atoms with Crippen molar-refractivity contribution in [1.29, 1.82) is 0 Å². The van der Waals surface area contributed by atoms with Crippen LogP contribution in [0.4, 0.5) is 5.13 Å². The fourth-order valence-corrected chi connectivity index (χ4v) is 3.47. The molecule has 122 valence electrons. The molecular formula is C15H16N2O4S2. The molecule has 1 aromatic carbocycles. The van der Waals surface area contributed by atoms with Crippen LogP contribution in [0.25, 0.3) is 0 Å².